The summed E-state index contributed by atoms with van der Waals surface area (Å²) in [7, 11) is 3.37. The Balaban J connectivity index is 1.91. The molecule has 144 valence electrons. The average Bonchev–Trinajstić information content (AvgIpc) is 2.99. The van der Waals surface area contributed by atoms with Crippen LogP contribution in [0.3, 0.4) is 0 Å². The zero-order valence-corrected chi connectivity index (χ0v) is 17.0. The molecular formula is C17H25BrN4O4. The fourth-order valence-corrected chi connectivity index (χ4v) is 3.45. The number of esters is 1. The molecule has 0 aliphatic carbocycles. The molecular weight excluding hydrogens is 404 g/mol. The van der Waals surface area contributed by atoms with Crippen LogP contribution in [-0.2, 0) is 30.2 Å². The van der Waals surface area contributed by atoms with E-state index < -0.39 is 0 Å². The number of fused-ring (bicyclic) bond motifs is 1. The second-order valence-electron chi connectivity index (χ2n) is 6.41. The van der Waals surface area contributed by atoms with Crippen LogP contribution in [0.2, 0.25) is 0 Å². The Kier molecular flexibility index (Phi) is 7.19. The molecule has 2 rings (SSSR count). The number of carbonyl (C=O) groups is 1. The average molecular weight is 429 g/mol. The SMILES string of the molecule is CC(=O)OC(CBr)CCCCCCn1c(=O)c2c(ncn2C)n(C)c1=O. The summed E-state index contributed by atoms with van der Waals surface area (Å²) in [5.74, 6) is -0.268. The zero-order valence-electron chi connectivity index (χ0n) is 15.4. The minimum atomic E-state index is -0.338. The standard InChI is InChI=1S/C17H25BrN4O4/c1-12(23)26-13(10-18)8-6-4-5-7-9-22-16(24)14-15(19-11-20(14)2)21(3)17(22)25/h11,13H,4-10H2,1-3H3. The number of ether oxygens (including phenoxy) is 1. The number of hydrogen-bond acceptors (Lipinski definition) is 5. The first-order valence-corrected chi connectivity index (χ1v) is 9.83. The molecule has 2 aromatic rings. The number of nitrogens with zero attached hydrogens (tertiary/aromatic N) is 4. The van der Waals surface area contributed by atoms with Crippen LogP contribution < -0.4 is 11.2 Å². The first-order valence-electron chi connectivity index (χ1n) is 8.70. The van der Waals surface area contributed by atoms with Gasteiger partial charge in [0.1, 0.15) is 6.10 Å². The minimum Gasteiger partial charge on any atom is -0.462 e. The van der Waals surface area contributed by atoms with Crippen molar-refractivity contribution in [1.29, 1.82) is 0 Å². The lowest BCUT2D eigenvalue weighted by molar-refractivity contribution is -0.145. The van der Waals surface area contributed by atoms with Gasteiger partial charge in [0.2, 0.25) is 0 Å². The molecule has 0 radical (unpaired) electrons. The molecule has 0 N–H and O–H groups in total. The molecule has 0 amide bonds. The van der Waals surface area contributed by atoms with Crippen LogP contribution in [0.25, 0.3) is 11.2 Å². The van der Waals surface area contributed by atoms with Crippen molar-refractivity contribution in [2.45, 2.75) is 51.7 Å². The van der Waals surface area contributed by atoms with Gasteiger partial charge in [-0.2, -0.15) is 0 Å². The van der Waals surface area contributed by atoms with Crippen molar-refractivity contribution in [2.75, 3.05) is 5.33 Å². The summed E-state index contributed by atoms with van der Waals surface area (Å²) < 4.78 is 9.52. The summed E-state index contributed by atoms with van der Waals surface area (Å²) in [5.41, 5.74) is 0.214. The largest absolute Gasteiger partial charge is 0.462 e. The van der Waals surface area contributed by atoms with Crippen molar-refractivity contribution < 1.29 is 9.53 Å². The van der Waals surface area contributed by atoms with Gasteiger partial charge in [0, 0.05) is 32.9 Å². The summed E-state index contributed by atoms with van der Waals surface area (Å²) >= 11 is 3.34. The molecule has 0 fully saturated rings. The summed E-state index contributed by atoms with van der Waals surface area (Å²) in [6, 6.07) is 0. The predicted octanol–water partition coefficient (Wildman–Crippen LogP) is 1.71. The Morgan fingerprint density at radius 1 is 1.23 bits per heavy atom. The summed E-state index contributed by atoms with van der Waals surface area (Å²) in [4.78, 5) is 40.1. The predicted molar refractivity (Wildman–Crippen MR) is 103 cm³/mol. The van der Waals surface area contributed by atoms with Gasteiger partial charge >= 0.3 is 11.7 Å². The molecule has 0 spiro atoms. The monoisotopic (exact) mass is 428 g/mol. The van der Waals surface area contributed by atoms with Gasteiger partial charge in [-0.15, -0.1) is 0 Å². The third-order valence-corrected chi connectivity index (χ3v) is 5.09. The number of aryl methyl sites for hydroxylation is 2. The Morgan fingerprint density at radius 2 is 1.92 bits per heavy atom. The van der Waals surface area contributed by atoms with Crippen LogP contribution in [0, 0.1) is 0 Å². The van der Waals surface area contributed by atoms with Gasteiger partial charge < -0.3 is 9.30 Å². The Morgan fingerprint density at radius 3 is 2.58 bits per heavy atom. The lowest BCUT2D eigenvalue weighted by atomic mass is 10.1. The topological polar surface area (TPSA) is 88.1 Å². The van der Waals surface area contributed by atoms with E-state index >= 15 is 0 Å². The molecule has 26 heavy (non-hydrogen) atoms. The Labute approximate surface area is 159 Å². The fraction of sp³-hybridized carbons (Fsp3) is 0.647. The maximum absolute atomic E-state index is 12.6. The van der Waals surface area contributed by atoms with Crippen molar-refractivity contribution in [3.63, 3.8) is 0 Å². The normalized spacial score (nSPS) is 12.5. The van der Waals surface area contributed by atoms with Crippen molar-refractivity contribution in [2.24, 2.45) is 14.1 Å². The lowest BCUT2D eigenvalue weighted by Gasteiger charge is -2.13. The van der Waals surface area contributed by atoms with Gasteiger partial charge in [-0.1, -0.05) is 28.8 Å². The number of rotatable bonds is 9. The molecule has 0 aromatic carbocycles. The first kappa shape index (κ1) is 20.4. The molecule has 8 nitrogen and oxygen atoms in total. The highest BCUT2D eigenvalue weighted by molar-refractivity contribution is 9.09. The van der Waals surface area contributed by atoms with E-state index in [4.69, 9.17) is 4.74 Å². The molecule has 2 heterocycles. The Bertz CT molecular complexity index is 883. The molecule has 1 unspecified atom stereocenters. The van der Waals surface area contributed by atoms with E-state index in [2.05, 4.69) is 20.9 Å². The number of alkyl halides is 1. The second kappa shape index (κ2) is 9.16. The highest BCUT2D eigenvalue weighted by Gasteiger charge is 2.14. The van der Waals surface area contributed by atoms with E-state index in [0.717, 1.165) is 32.1 Å². The molecule has 2 aromatic heterocycles. The smallest absolute Gasteiger partial charge is 0.332 e. The second-order valence-corrected chi connectivity index (χ2v) is 7.06. The first-order chi connectivity index (χ1) is 12.4. The fourth-order valence-electron chi connectivity index (χ4n) is 2.99. The van der Waals surface area contributed by atoms with E-state index in [1.165, 1.54) is 16.1 Å². The van der Waals surface area contributed by atoms with Crippen LogP contribution in [0.15, 0.2) is 15.9 Å². The van der Waals surface area contributed by atoms with Crippen LogP contribution in [0.1, 0.15) is 39.0 Å². The maximum atomic E-state index is 12.6. The van der Waals surface area contributed by atoms with E-state index in [-0.39, 0.29) is 23.3 Å². The molecule has 1 atom stereocenters. The van der Waals surface area contributed by atoms with E-state index in [9.17, 15) is 14.4 Å². The van der Waals surface area contributed by atoms with Gasteiger partial charge in [0.05, 0.1) is 6.33 Å². The molecule has 9 heteroatoms. The maximum Gasteiger partial charge on any atom is 0.332 e. The number of halogens is 1. The number of imidazole rings is 1. The van der Waals surface area contributed by atoms with Gasteiger partial charge in [0.15, 0.2) is 11.2 Å². The molecule has 0 aliphatic heterocycles. The van der Waals surface area contributed by atoms with Gasteiger partial charge in [-0.25, -0.2) is 9.78 Å². The van der Waals surface area contributed by atoms with Crippen LogP contribution >= 0.6 is 15.9 Å². The van der Waals surface area contributed by atoms with E-state index in [0.29, 0.717) is 23.0 Å². The quantitative estimate of drug-likeness (QED) is 0.344. The zero-order chi connectivity index (χ0) is 19.3. The number of carbonyl (C=O) groups excluding carboxylic acids is 1. The van der Waals surface area contributed by atoms with Crippen LogP contribution in [-0.4, -0.2) is 36.1 Å². The molecule has 0 bridgehead atoms. The Hall–Kier alpha value is -1.90. The third kappa shape index (κ3) is 4.63. The van der Waals surface area contributed by atoms with E-state index in [1.807, 2.05) is 0 Å². The number of aromatic nitrogens is 4. The highest BCUT2D eigenvalue weighted by Crippen LogP contribution is 2.11. The van der Waals surface area contributed by atoms with Gasteiger partial charge in [-0.05, 0) is 19.3 Å². The number of hydrogen-bond donors (Lipinski definition) is 0. The van der Waals surface area contributed by atoms with Crippen LogP contribution in [0.4, 0.5) is 0 Å². The summed E-state index contributed by atoms with van der Waals surface area (Å²) in [5, 5.41) is 0.628. The van der Waals surface area contributed by atoms with Crippen LogP contribution in [0.5, 0.6) is 0 Å². The van der Waals surface area contributed by atoms with Crippen molar-refractivity contribution in [3.8, 4) is 0 Å². The third-order valence-electron chi connectivity index (χ3n) is 4.36. The number of unbranched alkanes of at least 4 members (excludes halogenated alkanes) is 3. The summed E-state index contributed by atoms with van der Waals surface area (Å²) in [6.07, 6.45) is 5.76. The molecule has 0 saturated heterocycles. The molecule has 0 aliphatic rings. The van der Waals surface area contributed by atoms with Crippen molar-refractivity contribution >= 4 is 33.1 Å². The minimum absolute atomic E-state index is 0.102. The highest BCUT2D eigenvalue weighted by atomic mass is 79.9. The lowest BCUT2D eigenvalue weighted by Crippen LogP contribution is -2.39. The van der Waals surface area contributed by atoms with Crippen molar-refractivity contribution in [1.82, 2.24) is 18.7 Å². The van der Waals surface area contributed by atoms with Crippen molar-refractivity contribution in [3.05, 3.63) is 27.2 Å². The van der Waals surface area contributed by atoms with Gasteiger partial charge in [0.25, 0.3) is 5.56 Å². The summed E-state index contributed by atoms with van der Waals surface area (Å²) in [6.45, 7) is 1.80. The molecule has 0 saturated carbocycles. The van der Waals surface area contributed by atoms with E-state index in [1.54, 1.807) is 25.0 Å². The van der Waals surface area contributed by atoms with Gasteiger partial charge in [-0.3, -0.25) is 18.7 Å².